The fourth-order valence-electron chi connectivity index (χ4n) is 9.94. The van der Waals surface area contributed by atoms with E-state index in [0.717, 1.165) is 5.56 Å². The highest BCUT2D eigenvalue weighted by atomic mass is 35.5. The summed E-state index contributed by atoms with van der Waals surface area (Å²) in [5, 5.41) is 10.3. The first kappa shape index (κ1) is 37.8. The highest BCUT2D eigenvalue weighted by Crippen LogP contribution is 2.65. The number of amides is 4. The summed E-state index contributed by atoms with van der Waals surface area (Å²) in [4.78, 5) is 55.9. The van der Waals surface area contributed by atoms with Gasteiger partial charge in [0.25, 0.3) is 11.8 Å². The lowest BCUT2D eigenvalue weighted by molar-refractivity contribution is -0.144. The molecule has 2 aliphatic carbocycles. The standard InChI is InChI=1S/C41H32Cl2F5N3O6/c42-40-16-26-24(7-8-25-28(26)37(54)50(36(25)53)22-10-12-49(13-11-22)17-19-4-2-1-3-5-19)29(21-14-20-15-23(52)6-9-27(20)57-18-21)41(40,43)39(56)51(38(40)55)35-33(47)31(45)30(44)32(46)34(35)48/h1-7,9,15,18,22,25-26,28-29,52H,8,10-14,16-17H2/t25-,26+,28-,29-,40+,41-/m0/s1. The molecule has 3 aromatic rings. The van der Waals surface area contributed by atoms with Gasteiger partial charge >= 0.3 is 0 Å². The van der Waals surface area contributed by atoms with Crippen molar-refractivity contribution in [3.63, 3.8) is 0 Å². The Morgan fingerprint density at radius 1 is 0.825 bits per heavy atom. The van der Waals surface area contributed by atoms with Gasteiger partial charge in [0.2, 0.25) is 17.6 Å². The zero-order valence-electron chi connectivity index (χ0n) is 29.8. The van der Waals surface area contributed by atoms with Crippen LogP contribution in [0.1, 0.15) is 36.8 Å². The van der Waals surface area contributed by atoms with Gasteiger partial charge < -0.3 is 9.84 Å². The Labute approximate surface area is 332 Å². The number of ether oxygens (including phenoxy) is 1. The van der Waals surface area contributed by atoms with Crippen molar-refractivity contribution in [1.82, 2.24) is 9.80 Å². The lowest BCUT2D eigenvalue weighted by atomic mass is 9.56. The highest BCUT2D eigenvalue weighted by molar-refractivity contribution is 6.58. The summed E-state index contributed by atoms with van der Waals surface area (Å²) in [6.45, 7) is 1.94. The number of hydrogen-bond donors (Lipinski definition) is 1. The maximum Gasteiger partial charge on any atom is 0.258 e. The first-order valence-corrected chi connectivity index (χ1v) is 19.2. The molecule has 0 aromatic heterocycles. The summed E-state index contributed by atoms with van der Waals surface area (Å²) in [7, 11) is 0. The molecule has 0 spiro atoms. The van der Waals surface area contributed by atoms with Gasteiger partial charge in [-0.25, -0.2) is 26.9 Å². The average molecular weight is 829 g/mol. The number of allylic oxidation sites excluding steroid dienone is 3. The Hall–Kier alpha value is -4.79. The minimum Gasteiger partial charge on any atom is -0.508 e. The van der Waals surface area contributed by atoms with Gasteiger partial charge in [-0.1, -0.05) is 42.0 Å². The normalized spacial score (nSPS) is 30.1. The topological polar surface area (TPSA) is 107 Å². The van der Waals surface area contributed by atoms with Crippen molar-refractivity contribution in [3.8, 4) is 11.5 Å². The van der Waals surface area contributed by atoms with Gasteiger partial charge in [0.15, 0.2) is 33.0 Å². The number of anilines is 1. The van der Waals surface area contributed by atoms with E-state index in [9.17, 15) is 37.5 Å². The van der Waals surface area contributed by atoms with Crippen LogP contribution >= 0.6 is 23.2 Å². The third kappa shape index (κ3) is 5.35. The minimum atomic E-state index is -2.67. The van der Waals surface area contributed by atoms with Gasteiger partial charge in [-0.05, 0) is 60.9 Å². The van der Waals surface area contributed by atoms with Gasteiger partial charge in [0.05, 0.1) is 18.1 Å². The molecule has 4 amide bonds. The number of likely N-dealkylation sites (tertiary alicyclic amines) is 2. The summed E-state index contributed by atoms with van der Waals surface area (Å²) in [5.74, 6) is -20.4. The van der Waals surface area contributed by atoms with Crippen molar-refractivity contribution in [2.24, 2.45) is 23.7 Å². The first-order valence-electron chi connectivity index (χ1n) is 18.5. The van der Waals surface area contributed by atoms with Crippen LogP contribution in [0.25, 0.3) is 0 Å². The van der Waals surface area contributed by atoms with E-state index >= 15 is 8.78 Å². The number of phenols is 1. The molecule has 16 heteroatoms. The third-order valence-electron chi connectivity index (χ3n) is 12.6. The molecule has 3 aromatic carbocycles. The Kier molecular flexibility index (Phi) is 8.87. The molecule has 57 heavy (non-hydrogen) atoms. The highest BCUT2D eigenvalue weighted by Gasteiger charge is 2.77. The maximum atomic E-state index is 15.4. The molecular formula is C41H32Cl2F5N3O6. The van der Waals surface area contributed by atoms with E-state index in [0.29, 0.717) is 49.4 Å². The lowest BCUT2D eigenvalue weighted by Gasteiger charge is -2.51. The third-order valence-corrected chi connectivity index (χ3v) is 14.0. The van der Waals surface area contributed by atoms with E-state index in [1.54, 1.807) is 6.08 Å². The number of hydrogen-bond acceptors (Lipinski definition) is 7. The summed E-state index contributed by atoms with van der Waals surface area (Å²) >= 11 is 14.5. The molecule has 9 nitrogen and oxygen atoms in total. The molecule has 0 radical (unpaired) electrons. The number of carbonyl (C=O) groups is 4. The lowest BCUT2D eigenvalue weighted by Crippen LogP contribution is -2.61. The van der Waals surface area contributed by atoms with E-state index in [4.69, 9.17) is 27.9 Å². The van der Waals surface area contributed by atoms with Gasteiger partial charge in [-0.3, -0.25) is 29.0 Å². The predicted octanol–water partition coefficient (Wildman–Crippen LogP) is 6.67. The summed E-state index contributed by atoms with van der Waals surface area (Å²) in [6, 6.07) is 13.7. The van der Waals surface area contributed by atoms with E-state index in [1.165, 1.54) is 29.4 Å². The fraction of sp³-hybridized carbons (Fsp3) is 0.366. The number of nitrogens with zero attached hydrogens (tertiary/aromatic N) is 3. The Bertz CT molecular complexity index is 2330. The van der Waals surface area contributed by atoms with Crippen molar-refractivity contribution in [3.05, 3.63) is 112 Å². The molecule has 4 aliphatic heterocycles. The number of carbonyl (C=O) groups excluding carboxylic acids is 4. The van der Waals surface area contributed by atoms with Crippen molar-refractivity contribution < 1.29 is 51.0 Å². The molecule has 3 saturated heterocycles. The number of aromatic hydroxyl groups is 1. The van der Waals surface area contributed by atoms with E-state index in [-0.39, 0.29) is 29.1 Å². The predicted molar refractivity (Wildman–Crippen MR) is 194 cm³/mol. The summed E-state index contributed by atoms with van der Waals surface area (Å²) < 4.78 is 80.0. The number of benzene rings is 3. The van der Waals surface area contributed by atoms with Crippen LogP contribution in [0.3, 0.4) is 0 Å². The molecule has 1 saturated carbocycles. The van der Waals surface area contributed by atoms with Crippen molar-refractivity contribution >= 4 is 52.5 Å². The molecule has 0 unspecified atom stereocenters. The van der Waals surface area contributed by atoms with Gasteiger partial charge in [0, 0.05) is 43.6 Å². The number of fused-ring (bicyclic) bond motifs is 5. The number of rotatable bonds is 5. The molecule has 6 atom stereocenters. The number of alkyl halides is 2. The Morgan fingerprint density at radius 3 is 2.18 bits per heavy atom. The number of halogens is 7. The molecule has 6 aliphatic rings. The van der Waals surface area contributed by atoms with E-state index < -0.39 is 104 Å². The molecule has 296 valence electrons. The SMILES string of the molecule is O=C1[C@H]2[C@H](CC=C3[C@H](C4=COc5ccc(O)cc5C4)[C@]4(Cl)C(=O)N(c5c(F)c(F)c(F)c(F)c5F)C(=O)[C@]4(Cl)C[C@H]32)C(=O)N1C1CCN(Cc2ccccc2)CC1. The van der Waals surface area contributed by atoms with Crippen LogP contribution in [0.2, 0.25) is 0 Å². The fourth-order valence-corrected chi connectivity index (χ4v) is 10.9. The maximum absolute atomic E-state index is 15.4. The van der Waals surface area contributed by atoms with Crippen LogP contribution in [0.5, 0.6) is 11.5 Å². The monoisotopic (exact) mass is 827 g/mol. The van der Waals surface area contributed by atoms with Crippen molar-refractivity contribution in [2.75, 3.05) is 18.0 Å². The zero-order chi connectivity index (χ0) is 40.3. The van der Waals surface area contributed by atoms with Crippen LogP contribution in [-0.2, 0) is 32.1 Å². The zero-order valence-corrected chi connectivity index (χ0v) is 31.3. The van der Waals surface area contributed by atoms with Crippen molar-refractivity contribution in [2.45, 2.75) is 54.4 Å². The van der Waals surface area contributed by atoms with Gasteiger partial charge in [-0.15, -0.1) is 23.2 Å². The Balaban J connectivity index is 1.10. The molecule has 0 bridgehead atoms. The Morgan fingerprint density at radius 2 is 1.49 bits per heavy atom. The van der Waals surface area contributed by atoms with Crippen LogP contribution in [0.15, 0.2) is 72.0 Å². The summed E-state index contributed by atoms with van der Waals surface area (Å²) in [6.07, 6.45) is 3.34. The smallest absolute Gasteiger partial charge is 0.258 e. The molecule has 4 fully saturated rings. The number of imide groups is 2. The second kappa shape index (κ2) is 13.4. The van der Waals surface area contributed by atoms with E-state index in [2.05, 4.69) is 4.90 Å². The second-order valence-corrected chi connectivity index (χ2v) is 16.8. The first-order chi connectivity index (χ1) is 27.2. The quantitative estimate of drug-likeness (QED) is 0.0766. The minimum absolute atomic E-state index is 0.0399. The largest absolute Gasteiger partial charge is 0.508 e. The van der Waals surface area contributed by atoms with Crippen LogP contribution in [0, 0.1) is 52.8 Å². The summed E-state index contributed by atoms with van der Waals surface area (Å²) in [5.41, 5.74) is 0.258. The number of piperidine rings is 1. The van der Waals surface area contributed by atoms with Gasteiger partial charge in [-0.2, -0.15) is 0 Å². The number of phenolic OH excluding ortho intramolecular Hbond substituents is 1. The van der Waals surface area contributed by atoms with Crippen LogP contribution < -0.4 is 9.64 Å². The molecule has 1 N–H and O–H groups in total. The second-order valence-electron chi connectivity index (χ2n) is 15.5. The van der Waals surface area contributed by atoms with Gasteiger partial charge in [0.1, 0.15) is 17.2 Å². The molecule has 9 rings (SSSR count). The average Bonchev–Trinajstić information content (AvgIpc) is 3.54. The molecular weight excluding hydrogens is 796 g/mol. The van der Waals surface area contributed by atoms with Crippen LogP contribution in [0.4, 0.5) is 27.6 Å². The molecule has 4 heterocycles. The van der Waals surface area contributed by atoms with Crippen LogP contribution in [-0.4, -0.2) is 67.4 Å². The van der Waals surface area contributed by atoms with Crippen molar-refractivity contribution in [1.29, 1.82) is 0 Å². The van der Waals surface area contributed by atoms with E-state index in [1.807, 2.05) is 30.3 Å².